The lowest BCUT2D eigenvalue weighted by atomic mass is 10.2. The van der Waals surface area contributed by atoms with Crippen molar-refractivity contribution >= 4 is 35.5 Å². The molecule has 0 spiro atoms. The van der Waals surface area contributed by atoms with Gasteiger partial charge in [0.15, 0.2) is 0 Å². The maximum atomic E-state index is 11.5. The summed E-state index contributed by atoms with van der Waals surface area (Å²) in [6.45, 7) is 5.26. The lowest BCUT2D eigenvalue weighted by Gasteiger charge is -2.06. The minimum absolute atomic E-state index is 0.00169. The normalized spacial score (nSPS) is 10.5. The first kappa shape index (κ1) is 22.6. The number of carbonyl (C=O) groups is 2. The fraction of sp³-hybridized carbons (Fsp3) is 0.867. The van der Waals surface area contributed by atoms with Crippen molar-refractivity contribution < 1.29 is 19.1 Å². The Morgan fingerprint density at radius 1 is 0.913 bits per heavy atom. The second kappa shape index (κ2) is 17.9. The third-order valence-electron chi connectivity index (χ3n) is 2.82. The fourth-order valence-electron chi connectivity index (χ4n) is 1.69. The SMILES string of the molecule is CC(=O)NCCCCCCNC(=O)SCCOCCOCCS. The van der Waals surface area contributed by atoms with Crippen LogP contribution in [0.25, 0.3) is 0 Å². The average molecular weight is 367 g/mol. The molecular weight excluding hydrogens is 336 g/mol. The summed E-state index contributed by atoms with van der Waals surface area (Å²) in [6.07, 6.45) is 4.06. The molecule has 2 amide bonds. The molecule has 0 aromatic carbocycles. The van der Waals surface area contributed by atoms with Crippen molar-refractivity contribution in [3.05, 3.63) is 0 Å². The standard InChI is InChI=1S/C15H30N2O4S2/c1-14(18)16-6-4-2-3-5-7-17-15(19)23-13-11-21-9-8-20-10-12-22/h22H,2-13H2,1H3,(H,16,18)(H,17,19). The number of ether oxygens (including phenoxy) is 2. The molecule has 0 aliphatic heterocycles. The highest BCUT2D eigenvalue weighted by atomic mass is 32.2. The Kier molecular flexibility index (Phi) is 17.6. The summed E-state index contributed by atoms with van der Waals surface area (Å²) in [5.74, 6) is 1.38. The Bertz CT molecular complexity index is 307. The average Bonchev–Trinajstić information content (AvgIpc) is 2.52. The summed E-state index contributed by atoms with van der Waals surface area (Å²) in [7, 11) is 0. The van der Waals surface area contributed by atoms with Crippen LogP contribution in [0.3, 0.4) is 0 Å². The van der Waals surface area contributed by atoms with Crippen LogP contribution in [0.15, 0.2) is 0 Å². The number of amides is 2. The van der Waals surface area contributed by atoms with Crippen LogP contribution >= 0.6 is 24.4 Å². The predicted octanol–water partition coefficient (Wildman–Crippen LogP) is 2.09. The lowest BCUT2D eigenvalue weighted by Crippen LogP contribution is -2.21. The van der Waals surface area contributed by atoms with Gasteiger partial charge in [0, 0.05) is 31.5 Å². The number of carbonyl (C=O) groups excluding carboxylic acids is 2. The first-order chi connectivity index (χ1) is 11.2. The van der Waals surface area contributed by atoms with Crippen molar-refractivity contribution in [2.75, 3.05) is 51.0 Å². The van der Waals surface area contributed by atoms with E-state index in [-0.39, 0.29) is 11.1 Å². The van der Waals surface area contributed by atoms with Crippen molar-refractivity contribution in [2.24, 2.45) is 0 Å². The van der Waals surface area contributed by atoms with Gasteiger partial charge in [-0.3, -0.25) is 9.59 Å². The van der Waals surface area contributed by atoms with E-state index in [1.807, 2.05) is 0 Å². The lowest BCUT2D eigenvalue weighted by molar-refractivity contribution is -0.118. The van der Waals surface area contributed by atoms with Crippen molar-refractivity contribution in [1.82, 2.24) is 10.6 Å². The maximum Gasteiger partial charge on any atom is 0.279 e. The number of nitrogens with one attached hydrogen (secondary N) is 2. The van der Waals surface area contributed by atoms with Crippen molar-refractivity contribution in [1.29, 1.82) is 0 Å². The highest BCUT2D eigenvalue weighted by molar-refractivity contribution is 8.13. The molecule has 0 radical (unpaired) electrons. The van der Waals surface area contributed by atoms with Crippen molar-refractivity contribution in [3.63, 3.8) is 0 Å². The zero-order valence-electron chi connectivity index (χ0n) is 14.0. The fourth-order valence-corrected chi connectivity index (χ4v) is 2.41. The van der Waals surface area contributed by atoms with Crippen LogP contribution in [0, 0.1) is 0 Å². The number of hydrogen-bond donors (Lipinski definition) is 3. The predicted molar refractivity (Wildman–Crippen MR) is 98.5 cm³/mol. The largest absolute Gasteiger partial charge is 0.378 e. The van der Waals surface area contributed by atoms with Crippen LogP contribution in [0.5, 0.6) is 0 Å². The molecule has 23 heavy (non-hydrogen) atoms. The van der Waals surface area contributed by atoms with Crippen LogP contribution in [-0.2, 0) is 14.3 Å². The van der Waals surface area contributed by atoms with Crippen molar-refractivity contribution in [2.45, 2.75) is 32.6 Å². The van der Waals surface area contributed by atoms with E-state index in [9.17, 15) is 9.59 Å². The molecule has 0 rings (SSSR count). The van der Waals surface area contributed by atoms with E-state index in [1.165, 1.54) is 18.7 Å². The number of unbranched alkanes of at least 4 members (excludes halogenated alkanes) is 3. The molecule has 0 aliphatic rings. The summed E-state index contributed by atoms with van der Waals surface area (Å²) in [5.41, 5.74) is 0. The van der Waals surface area contributed by atoms with Crippen LogP contribution in [0.1, 0.15) is 32.6 Å². The first-order valence-electron chi connectivity index (χ1n) is 8.08. The van der Waals surface area contributed by atoms with Gasteiger partial charge < -0.3 is 20.1 Å². The van der Waals surface area contributed by atoms with E-state index in [2.05, 4.69) is 23.3 Å². The maximum absolute atomic E-state index is 11.5. The molecule has 2 N–H and O–H groups in total. The molecule has 0 heterocycles. The summed E-state index contributed by atoms with van der Waals surface area (Å²) < 4.78 is 10.6. The zero-order valence-corrected chi connectivity index (χ0v) is 15.7. The van der Waals surface area contributed by atoms with Gasteiger partial charge in [0.1, 0.15) is 0 Å². The summed E-state index contributed by atoms with van der Waals surface area (Å²) in [5, 5.41) is 5.64. The number of hydrogen-bond acceptors (Lipinski definition) is 6. The summed E-state index contributed by atoms with van der Waals surface area (Å²) in [6, 6.07) is 0. The molecular formula is C15H30N2O4S2. The smallest absolute Gasteiger partial charge is 0.279 e. The van der Waals surface area contributed by atoms with Gasteiger partial charge in [-0.1, -0.05) is 24.6 Å². The third kappa shape index (κ3) is 19.5. The van der Waals surface area contributed by atoms with E-state index in [1.54, 1.807) is 0 Å². The number of thiol groups is 1. The molecule has 6 nitrogen and oxygen atoms in total. The Labute approximate surface area is 149 Å². The van der Waals surface area contributed by atoms with E-state index < -0.39 is 0 Å². The van der Waals surface area contributed by atoms with E-state index >= 15 is 0 Å². The van der Waals surface area contributed by atoms with Crippen molar-refractivity contribution in [3.8, 4) is 0 Å². The second-order valence-electron chi connectivity index (χ2n) is 4.91. The van der Waals surface area contributed by atoms with E-state index in [4.69, 9.17) is 9.47 Å². The minimum Gasteiger partial charge on any atom is -0.378 e. The molecule has 0 atom stereocenters. The Hall–Kier alpha value is -0.440. The van der Waals surface area contributed by atoms with E-state index in [0.717, 1.165) is 32.2 Å². The number of thioether (sulfide) groups is 1. The molecule has 0 aromatic heterocycles. The van der Waals surface area contributed by atoms with Gasteiger partial charge in [-0.05, 0) is 12.8 Å². The molecule has 0 bridgehead atoms. The molecule has 0 aromatic rings. The molecule has 0 unspecified atom stereocenters. The highest BCUT2D eigenvalue weighted by Crippen LogP contribution is 2.02. The highest BCUT2D eigenvalue weighted by Gasteiger charge is 2.01. The molecule has 0 aliphatic carbocycles. The van der Waals surface area contributed by atoms with Gasteiger partial charge in [0.25, 0.3) is 5.24 Å². The third-order valence-corrected chi connectivity index (χ3v) is 3.78. The van der Waals surface area contributed by atoms with Gasteiger partial charge >= 0.3 is 0 Å². The molecule has 136 valence electrons. The van der Waals surface area contributed by atoms with Gasteiger partial charge in [-0.2, -0.15) is 12.6 Å². The summed E-state index contributed by atoms with van der Waals surface area (Å²) >= 11 is 5.28. The van der Waals surface area contributed by atoms with Crippen LogP contribution < -0.4 is 10.6 Å². The van der Waals surface area contributed by atoms with Gasteiger partial charge in [-0.15, -0.1) is 0 Å². The van der Waals surface area contributed by atoms with Crippen LogP contribution in [0.2, 0.25) is 0 Å². The Morgan fingerprint density at radius 3 is 2.13 bits per heavy atom. The topological polar surface area (TPSA) is 76.7 Å². The molecule has 0 saturated carbocycles. The van der Waals surface area contributed by atoms with Gasteiger partial charge in [0.05, 0.1) is 26.4 Å². The van der Waals surface area contributed by atoms with Gasteiger partial charge in [-0.25, -0.2) is 0 Å². The van der Waals surface area contributed by atoms with Crippen LogP contribution in [-0.4, -0.2) is 62.2 Å². The first-order valence-corrected chi connectivity index (χ1v) is 9.70. The quantitative estimate of drug-likeness (QED) is 0.306. The monoisotopic (exact) mass is 366 g/mol. The molecule has 0 fully saturated rings. The van der Waals surface area contributed by atoms with Crippen LogP contribution in [0.4, 0.5) is 4.79 Å². The zero-order chi connectivity index (χ0) is 17.2. The summed E-state index contributed by atoms with van der Waals surface area (Å²) in [4.78, 5) is 22.2. The van der Waals surface area contributed by atoms with E-state index in [0.29, 0.717) is 44.5 Å². The minimum atomic E-state index is -0.00169. The second-order valence-corrected chi connectivity index (χ2v) is 6.42. The molecule has 0 saturated heterocycles. The molecule has 8 heteroatoms. The van der Waals surface area contributed by atoms with Gasteiger partial charge in [0.2, 0.25) is 5.91 Å². The Balaban J connectivity index is 3.17. The number of rotatable bonds is 15. The Morgan fingerprint density at radius 2 is 1.52 bits per heavy atom.